The molecular formula is C13H8FIN2O3. The molecule has 7 heteroatoms. The second-order valence-corrected chi connectivity index (χ2v) is 5.13. The molecule has 1 N–H and O–H groups in total. The largest absolute Gasteiger partial charge is 0.322 e. The minimum absolute atomic E-state index is 0.164. The SMILES string of the molecule is O=C(Nc1ccc([N+](=O)[O-])c(F)c1)c1cccc(I)c1. The number of benzene rings is 2. The van der Waals surface area contributed by atoms with Crippen molar-refractivity contribution in [1.29, 1.82) is 0 Å². The zero-order valence-electron chi connectivity index (χ0n) is 9.97. The Balaban J connectivity index is 2.20. The molecular weight excluding hydrogens is 378 g/mol. The van der Waals surface area contributed by atoms with E-state index in [1.54, 1.807) is 18.2 Å². The molecule has 0 unspecified atom stereocenters. The van der Waals surface area contributed by atoms with Crippen molar-refractivity contribution in [2.45, 2.75) is 0 Å². The summed E-state index contributed by atoms with van der Waals surface area (Å²) in [5, 5.41) is 13.0. The lowest BCUT2D eigenvalue weighted by Crippen LogP contribution is -2.12. The van der Waals surface area contributed by atoms with Crippen molar-refractivity contribution in [3.8, 4) is 0 Å². The molecule has 0 saturated carbocycles. The maximum absolute atomic E-state index is 13.4. The van der Waals surface area contributed by atoms with E-state index < -0.39 is 22.3 Å². The molecule has 0 aliphatic rings. The van der Waals surface area contributed by atoms with Gasteiger partial charge in [0.05, 0.1) is 4.92 Å². The third-order valence-electron chi connectivity index (χ3n) is 2.49. The average molecular weight is 386 g/mol. The highest BCUT2D eigenvalue weighted by Gasteiger charge is 2.15. The van der Waals surface area contributed by atoms with Gasteiger partial charge < -0.3 is 5.32 Å². The number of rotatable bonds is 3. The number of nitro benzene ring substituents is 1. The van der Waals surface area contributed by atoms with Crippen molar-refractivity contribution in [2.24, 2.45) is 0 Å². The van der Waals surface area contributed by atoms with Crippen LogP contribution in [0, 0.1) is 19.5 Å². The normalized spacial score (nSPS) is 10.1. The number of nitrogens with one attached hydrogen (secondary N) is 1. The van der Waals surface area contributed by atoms with Crippen LogP contribution >= 0.6 is 22.6 Å². The van der Waals surface area contributed by atoms with Gasteiger partial charge in [0, 0.05) is 27.0 Å². The van der Waals surface area contributed by atoms with Crippen molar-refractivity contribution >= 4 is 39.9 Å². The number of hydrogen-bond acceptors (Lipinski definition) is 3. The standard InChI is InChI=1S/C13H8FIN2O3/c14-11-7-10(4-5-12(11)17(19)20)16-13(18)8-2-1-3-9(15)6-8/h1-7H,(H,16,18). The lowest BCUT2D eigenvalue weighted by Gasteiger charge is -2.05. The molecule has 0 heterocycles. The Labute approximate surface area is 127 Å². The number of nitro groups is 1. The zero-order chi connectivity index (χ0) is 14.7. The van der Waals surface area contributed by atoms with Crippen molar-refractivity contribution in [1.82, 2.24) is 0 Å². The number of anilines is 1. The molecule has 2 aromatic carbocycles. The van der Waals surface area contributed by atoms with Gasteiger partial charge in [-0.2, -0.15) is 4.39 Å². The third kappa shape index (κ3) is 3.29. The third-order valence-corrected chi connectivity index (χ3v) is 3.16. The van der Waals surface area contributed by atoms with Gasteiger partial charge in [0.2, 0.25) is 5.82 Å². The Bertz CT molecular complexity index is 691. The highest BCUT2D eigenvalue weighted by molar-refractivity contribution is 14.1. The van der Waals surface area contributed by atoms with Crippen LogP contribution in [0.5, 0.6) is 0 Å². The number of halogens is 2. The number of amides is 1. The summed E-state index contributed by atoms with van der Waals surface area (Å²) >= 11 is 2.07. The van der Waals surface area contributed by atoms with E-state index in [-0.39, 0.29) is 5.69 Å². The van der Waals surface area contributed by atoms with Gasteiger partial charge in [-0.05, 0) is 46.9 Å². The Morgan fingerprint density at radius 1 is 1.25 bits per heavy atom. The molecule has 2 aromatic rings. The van der Waals surface area contributed by atoms with E-state index in [0.717, 1.165) is 15.7 Å². The first-order valence-corrected chi connectivity index (χ1v) is 6.56. The molecule has 0 fully saturated rings. The number of hydrogen-bond donors (Lipinski definition) is 1. The van der Waals surface area contributed by atoms with Gasteiger partial charge in [-0.3, -0.25) is 14.9 Å². The van der Waals surface area contributed by atoms with E-state index in [1.165, 1.54) is 6.07 Å². The monoisotopic (exact) mass is 386 g/mol. The molecule has 102 valence electrons. The van der Waals surface area contributed by atoms with Gasteiger partial charge >= 0.3 is 5.69 Å². The van der Waals surface area contributed by atoms with Gasteiger partial charge in [0.15, 0.2) is 0 Å². The topological polar surface area (TPSA) is 72.2 Å². The van der Waals surface area contributed by atoms with Gasteiger partial charge in [-0.25, -0.2) is 0 Å². The first-order chi connectivity index (χ1) is 9.47. The second kappa shape index (κ2) is 5.95. The molecule has 2 rings (SSSR count). The summed E-state index contributed by atoms with van der Waals surface area (Å²) in [5.74, 6) is -1.40. The van der Waals surface area contributed by atoms with Crippen LogP contribution in [0.15, 0.2) is 42.5 Å². The second-order valence-electron chi connectivity index (χ2n) is 3.89. The fourth-order valence-electron chi connectivity index (χ4n) is 1.57. The Hall–Kier alpha value is -2.03. The van der Waals surface area contributed by atoms with Crippen molar-refractivity contribution in [3.05, 3.63) is 67.5 Å². The highest BCUT2D eigenvalue weighted by atomic mass is 127. The predicted molar refractivity (Wildman–Crippen MR) is 80.2 cm³/mol. The molecule has 1 amide bonds. The minimum atomic E-state index is -0.990. The first-order valence-electron chi connectivity index (χ1n) is 5.48. The molecule has 0 bridgehead atoms. The van der Waals surface area contributed by atoms with Gasteiger partial charge in [0.25, 0.3) is 5.91 Å². The van der Waals surface area contributed by atoms with Crippen LogP contribution in [-0.2, 0) is 0 Å². The first kappa shape index (κ1) is 14.4. The lowest BCUT2D eigenvalue weighted by molar-refractivity contribution is -0.387. The molecule has 0 atom stereocenters. The zero-order valence-corrected chi connectivity index (χ0v) is 12.1. The number of carbonyl (C=O) groups is 1. The van der Waals surface area contributed by atoms with Crippen molar-refractivity contribution < 1.29 is 14.1 Å². The van der Waals surface area contributed by atoms with Crippen LogP contribution in [0.3, 0.4) is 0 Å². The lowest BCUT2D eigenvalue weighted by atomic mass is 10.2. The van der Waals surface area contributed by atoms with Crippen LogP contribution in [-0.4, -0.2) is 10.8 Å². The van der Waals surface area contributed by atoms with E-state index in [4.69, 9.17) is 0 Å². The summed E-state index contributed by atoms with van der Waals surface area (Å²) in [6, 6.07) is 10.1. The summed E-state index contributed by atoms with van der Waals surface area (Å²) in [6.45, 7) is 0. The van der Waals surface area contributed by atoms with Gasteiger partial charge in [0.1, 0.15) is 0 Å². The summed E-state index contributed by atoms with van der Waals surface area (Å²) < 4.78 is 14.3. The van der Waals surface area contributed by atoms with Gasteiger partial charge in [-0.1, -0.05) is 6.07 Å². The maximum Gasteiger partial charge on any atom is 0.304 e. The van der Waals surface area contributed by atoms with Crippen LogP contribution < -0.4 is 5.32 Å². The van der Waals surface area contributed by atoms with Crippen molar-refractivity contribution in [2.75, 3.05) is 5.32 Å². The number of nitrogens with zero attached hydrogens (tertiary/aromatic N) is 1. The molecule has 0 saturated heterocycles. The van der Waals surface area contributed by atoms with E-state index in [9.17, 15) is 19.3 Å². The smallest absolute Gasteiger partial charge is 0.304 e. The van der Waals surface area contributed by atoms with E-state index in [2.05, 4.69) is 27.9 Å². The van der Waals surface area contributed by atoms with Crippen LogP contribution in [0.25, 0.3) is 0 Å². The summed E-state index contributed by atoms with van der Waals surface area (Å²) in [4.78, 5) is 21.6. The van der Waals surface area contributed by atoms with Gasteiger partial charge in [-0.15, -0.1) is 0 Å². The maximum atomic E-state index is 13.4. The predicted octanol–water partition coefficient (Wildman–Crippen LogP) is 3.59. The number of carbonyl (C=O) groups excluding carboxylic acids is 1. The Morgan fingerprint density at radius 2 is 2.00 bits per heavy atom. The molecule has 20 heavy (non-hydrogen) atoms. The average Bonchev–Trinajstić information content (AvgIpc) is 2.38. The molecule has 0 spiro atoms. The van der Waals surface area contributed by atoms with Crippen molar-refractivity contribution in [3.63, 3.8) is 0 Å². The van der Waals surface area contributed by atoms with Crippen LogP contribution in [0.1, 0.15) is 10.4 Å². The van der Waals surface area contributed by atoms with E-state index in [0.29, 0.717) is 5.56 Å². The molecule has 0 aliphatic carbocycles. The highest BCUT2D eigenvalue weighted by Crippen LogP contribution is 2.21. The van der Waals surface area contributed by atoms with Crippen LogP contribution in [0.2, 0.25) is 0 Å². The quantitative estimate of drug-likeness (QED) is 0.498. The minimum Gasteiger partial charge on any atom is -0.322 e. The molecule has 5 nitrogen and oxygen atoms in total. The Morgan fingerprint density at radius 3 is 2.60 bits per heavy atom. The summed E-state index contributed by atoms with van der Waals surface area (Å²) in [7, 11) is 0. The van der Waals surface area contributed by atoms with Crippen LogP contribution in [0.4, 0.5) is 15.8 Å². The summed E-state index contributed by atoms with van der Waals surface area (Å²) in [6.07, 6.45) is 0. The fourth-order valence-corrected chi connectivity index (χ4v) is 2.11. The molecule has 0 aromatic heterocycles. The summed E-state index contributed by atoms with van der Waals surface area (Å²) in [5.41, 5.74) is -0.0371. The fraction of sp³-hybridized carbons (Fsp3) is 0. The van der Waals surface area contributed by atoms with E-state index >= 15 is 0 Å². The molecule has 0 radical (unpaired) electrons. The molecule has 0 aliphatic heterocycles. The van der Waals surface area contributed by atoms with E-state index in [1.807, 2.05) is 6.07 Å². The Kier molecular flexibility index (Phi) is 4.28.